The molecule has 1 N–H and O–H groups in total. The minimum absolute atomic E-state index is 0.0676. The molecule has 0 unspecified atom stereocenters. The highest BCUT2D eigenvalue weighted by molar-refractivity contribution is 5.95. The summed E-state index contributed by atoms with van der Waals surface area (Å²) in [4.78, 5) is 24.5. The molecule has 0 fully saturated rings. The Morgan fingerprint density at radius 2 is 1.96 bits per heavy atom. The highest BCUT2D eigenvalue weighted by Gasteiger charge is 2.20. The number of hydrogen-bond acceptors (Lipinski definition) is 3. The molecule has 0 saturated carbocycles. The van der Waals surface area contributed by atoms with E-state index in [1.165, 1.54) is 4.90 Å². The van der Waals surface area contributed by atoms with Crippen molar-refractivity contribution in [2.75, 3.05) is 13.6 Å². The van der Waals surface area contributed by atoms with Gasteiger partial charge >= 0.3 is 5.97 Å². The van der Waals surface area contributed by atoms with Crippen molar-refractivity contribution in [2.24, 2.45) is 0 Å². The predicted octanol–water partition coefficient (Wildman–Crippen LogP) is 2.04. The fourth-order valence-electron chi connectivity index (χ4n) is 2.43. The first kappa shape index (κ1) is 16.7. The first-order valence-corrected chi connectivity index (χ1v) is 7.58. The molecule has 122 valence electrons. The summed E-state index contributed by atoms with van der Waals surface area (Å²) in [6, 6.07) is 9.93. The van der Waals surface area contributed by atoms with Crippen LogP contribution in [0.3, 0.4) is 0 Å². The number of carbonyl (C=O) groups is 2. The van der Waals surface area contributed by atoms with E-state index in [9.17, 15) is 9.59 Å². The molecule has 0 aliphatic carbocycles. The number of carboxylic acids is 1. The molecular formula is C17H21N3O3. The van der Waals surface area contributed by atoms with Crippen LogP contribution in [-0.4, -0.2) is 45.3 Å². The Balaban J connectivity index is 2.17. The molecule has 1 aromatic carbocycles. The zero-order chi connectivity index (χ0) is 16.8. The Kier molecular flexibility index (Phi) is 5.51. The molecule has 2 rings (SSSR count). The first-order valence-electron chi connectivity index (χ1n) is 7.58. The summed E-state index contributed by atoms with van der Waals surface area (Å²) in [5.41, 5.74) is 2.51. The normalized spacial score (nSPS) is 10.5. The smallest absolute Gasteiger partial charge is 0.305 e. The number of aliphatic carboxylic acids is 1. The maximum absolute atomic E-state index is 12.5. The van der Waals surface area contributed by atoms with Gasteiger partial charge in [-0.05, 0) is 12.0 Å². The Morgan fingerprint density at radius 3 is 2.57 bits per heavy atom. The fourth-order valence-corrected chi connectivity index (χ4v) is 2.43. The van der Waals surface area contributed by atoms with Crippen molar-refractivity contribution in [2.45, 2.75) is 26.3 Å². The van der Waals surface area contributed by atoms with E-state index in [2.05, 4.69) is 5.10 Å². The lowest BCUT2D eigenvalue weighted by molar-refractivity contribution is -0.137. The summed E-state index contributed by atoms with van der Waals surface area (Å²) >= 11 is 0. The second-order valence-electron chi connectivity index (χ2n) is 5.37. The SMILES string of the molecule is CCc1c(C(=O)N(C)CCC(=O)O)cnn1Cc1ccccc1. The third kappa shape index (κ3) is 4.18. The molecule has 0 aliphatic rings. The van der Waals surface area contributed by atoms with Gasteiger partial charge < -0.3 is 10.0 Å². The highest BCUT2D eigenvalue weighted by atomic mass is 16.4. The molecule has 0 aliphatic heterocycles. The molecule has 6 heteroatoms. The van der Waals surface area contributed by atoms with Gasteiger partial charge in [0.05, 0.1) is 30.4 Å². The highest BCUT2D eigenvalue weighted by Crippen LogP contribution is 2.14. The van der Waals surface area contributed by atoms with Crippen molar-refractivity contribution in [3.8, 4) is 0 Å². The molecule has 1 heterocycles. The van der Waals surface area contributed by atoms with Crippen LogP contribution >= 0.6 is 0 Å². The van der Waals surface area contributed by atoms with Crippen LogP contribution in [0.25, 0.3) is 0 Å². The molecule has 0 bridgehead atoms. The summed E-state index contributed by atoms with van der Waals surface area (Å²) in [5, 5.41) is 13.1. The van der Waals surface area contributed by atoms with Gasteiger partial charge in [0.15, 0.2) is 0 Å². The van der Waals surface area contributed by atoms with Crippen LogP contribution in [0.15, 0.2) is 36.5 Å². The van der Waals surface area contributed by atoms with E-state index in [0.717, 1.165) is 11.3 Å². The van der Waals surface area contributed by atoms with Gasteiger partial charge in [-0.3, -0.25) is 14.3 Å². The zero-order valence-electron chi connectivity index (χ0n) is 13.4. The molecule has 0 radical (unpaired) electrons. The molecule has 0 spiro atoms. The average Bonchev–Trinajstić information content (AvgIpc) is 2.95. The van der Waals surface area contributed by atoms with Crippen LogP contribution in [0.1, 0.15) is 35.0 Å². The summed E-state index contributed by atoms with van der Waals surface area (Å²) in [5.74, 6) is -1.11. The average molecular weight is 315 g/mol. The standard InChI is InChI=1S/C17H21N3O3/c1-3-15-14(17(23)19(2)10-9-16(21)22)11-18-20(15)12-13-7-5-4-6-8-13/h4-8,11H,3,9-10,12H2,1-2H3,(H,21,22). The Morgan fingerprint density at radius 1 is 1.26 bits per heavy atom. The second-order valence-corrected chi connectivity index (χ2v) is 5.37. The van der Waals surface area contributed by atoms with Gasteiger partial charge in [-0.1, -0.05) is 37.3 Å². The number of hydrogen-bond donors (Lipinski definition) is 1. The van der Waals surface area contributed by atoms with Crippen molar-refractivity contribution < 1.29 is 14.7 Å². The van der Waals surface area contributed by atoms with Gasteiger partial charge in [-0.15, -0.1) is 0 Å². The van der Waals surface area contributed by atoms with E-state index in [4.69, 9.17) is 5.11 Å². The topological polar surface area (TPSA) is 75.4 Å². The number of aromatic nitrogens is 2. The third-order valence-electron chi connectivity index (χ3n) is 3.70. The number of nitrogens with zero attached hydrogens (tertiary/aromatic N) is 3. The molecular weight excluding hydrogens is 294 g/mol. The number of carbonyl (C=O) groups excluding carboxylic acids is 1. The minimum Gasteiger partial charge on any atom is -0.481 e. The number of benzene rings is 1. The Bertz CT molecular complexity index is 680. The van der Waals surface area contributed by atoms with E-state index >= 15 is 0 Å². The number of rotatable bonds is 7. The lowest BCUT2D eigenvalue weighted by Gasteiger charge is -2.16. The molecule has 23 heavy (non-hydrogen) atoms. The molecule has 0 atom stereocenters. The van der Waals surface area contributed by atoms with Gasteiger partial charge in [0, 0.05) is 13.6 Å². The second kappa shape index (κ2) is 7.58. The van der Waals surface area contributed by atoms with E-state index in [-0.39, 0.29) is 18.9 Å². The first-order chi connectivity index (χ1) is 11.0. The van der Waals surface area contributed by atoms with Gasteiger partial charge in [0.2, 0.25) is 0 Å². The van der Waals surface area contributed by atoms with Crippen molar-refractivity contribution in [3.05, 3.63) is 53.3 Å². The summed E-state index contributed by atoms with van der Waals surface area (Å²) < 4.78 is 1.83. The van der Waals surface area contributed by atoms with Crippen LogP contribution in [0.5, 0.6) is 0 Å². The molecule has 0 saturated heterocycles. The van der Waals surface area contributed by atoms with Gasteiger partial charge in [-0.25, -0.2) is 0 Å². The van der Waals surface area contributed by atoms with Crippen LogP contribution < -0.4 is 0 Å². The maximum atomic E-state index is 12.5. The van der Waals surface area contributed by atoms with Crippen molar-refractivity contribution in [3.63, 3.8) is 0 Å². The van der Waals surface area contributed by atoms with E-state index in [1.54, 1.807) is 13.2 Å². The van der Waals surface area contributed by atoms with Crippen LogP contribution in [0.2, 0.25) is 0 Å². The fraction of sp³-hybridized carbons (Fsp3) is 0.353. The molecule has 6 nitrogen and oxygen atoms in total. The van der Waals surface area contributed by atoms with Crippen LogP contribution in [-0.2, 0) is 17.8 Å². The number of carboxylic acid groups (broad SMARTS) is 1. The molecule has 2 aromatic rings. The Labute approximate surface area is 135 Å². The molecule has 1 aromatic heterocycles. The summed E-state index contributed by atoms with van der Waals surface area (Å²) in [6.45, 7) is 2.77. The lowest BCUT2D eigenvalue weighted by Crippen LogP contribution is -2.29. The predicted molar refractivity (Wildman–Crippen MR) is 86.4 cm³/mol. The lowest BCUT2D eigenvalue weighted by atomic mass is 10.1. The van der Waals surface area contributed by atoms with E-state index in [1.807, 2.05) is 41.9 Å². The van der Waals surface area contributed by atoms with Gasteiger partial charge in [-0.2, -0.15) is 5.10 Å². The van der Waals surface area contributed by atoms with Crippen LogP contribution in [0.4, 0.5) is 0 Å². The largest absolute Gasteiger partial charge is 0.481 e. The van der Waals surface area contributed by atoms with E-state index in [0.29, 0.717) is 18.5 Å². The maximum Gasteiger partial charge on any atom is 0.305 e. The Hall–Kier alpha value is -2.63. The van der Waals surface area contributed by atoms with Crippen molar-refractivity contribution in [1.29, 1.82) is 0 Å². The van der Waals surface area contributed by atoms with E-state index < -0.39 is 5.97 Å². The van der Waals surface area contributed by atoms with Crippen LogP contribution in [0, 0.1) is 0 Å². The zero-order valence-corrected chi connectivity index (χ0v) is 13.4. The monoisotopic (exact) mass is 315 g/mol. The summed E-state index contributed by atoms with van der Waals surface area (Å²) in [7, 11) is 1.61. The number of amides is 1. The van der Waals surface area contributed by atoms with Crippen molar-refractivity contribution in [1.82, 2.24) is 14.7 Å². The third-order valence-corrected chi connectivity index (χ3v) is 3.70. The summed E-state index contributed by atoms with van der Waals surface area (Å²) in [6.07, 6.45) is 2.18. The van der Waals surface area contributed by atoms with Crippen molar-refractivity contribution >= 4 is 11.9 Å². The van der Waals surface area contributed by atoms with Gasteiger partial charge in [0.1, 0.15) is 0 Å². The molecule has 1 amide bonds. The quantitative estimate of drug-likeness (QED) is 0.848. The minimum atomic E-state index is -0.917. The van der Waals surface area contributed by atoms with Gasteiger partial charge in [0.25, 0.3) is 5.91 Å².